The molecule has 2 unspecified atom stereocenters. The van der Waals surface area contributed by atoms with Crippen LogP contribution in [0.5, 0.6) is 0 Å². The standard InChI is InChI=1S/C20H29N3O3/c1-16(8-11-21)9-12-22-19(24)14-17(2)10-13-23-20(25)26-15-18-6-4-3-5-7-18/h3-7,16-17H,8-10,12-15H2,1-2H3,(H,22,24)(H,23,25). The molecular formula is C20H29N3O3. The Balaban J connectivity index is 2.08. The molecular weight excluding hydrogens is 330 g/mol. The predicted molar refractivity (Wildman–Crippen MR) is 100 cm³/mol. The first-order valence-electron chi connectivity index (χ1n) is 9.09. The minimum absolute atomic E-state index is 0.00770. The van der Waals surface area contributed by atoms with Gasteiger partial charge in [0.2, 0.25) is 5.91 Å². The summed E-state index contributed by atoms with van der Waals surface area (Å²) in [4.78, 5) is 23.5. The molecule has 0 aliphatic heterocycles. The van der Waals surface area contributed by atoms with E-state index in [0.717, 1.165) is 12.0 Å². The number of nitriles is 1. The van der Waals surface area contributed by atoms with E-state index in [1.54, 1.807) is 0 Å². The van der Waals surface area contributed by atoms with Crippen LogP contribution in [0.3, 0.4) is 0 Å². The second kappa shape index (κ2) is 12.8. The van der Waals surface area contributed by atoms with Crippen LogP contribution < -0.4 is 10.6 Å². The topological polar surface area (TPSA) is 91.2 Å². The van der Waals surface area contributed by atoms with Crippen LogP contribution in [-0.4, -0.2) is 25.1 Å². The van der Waals surface area contributed by atoms with E-state index >= 15 is 0 Å². The Bertz CT molecular complexity index is 584. The fourth-order valence-corrected chi connectivity index (χ4v) is 2.40. The smallest absolute Gasteiger partial charge is 0.407 e. The second-order valence-electron chi connectivity index (χ2n) is 6.69. The SMILES string of the molecule is CC(CC#N)CCNC(=O)CC(C)CCNC(=O)OCc1ccccc1. The van der Waals surface area contributed by atoms with E-state index < -0.39 is 6.09 Å². The summed E-state index contributed by atoms with van der Waals surface area (Å²) in [6.07, 6.45) is 2.00. The molecule has 1 aromatic carbocycles. The Hall–Kier alpha value is -2.55. The van der Waals surface area contributed by atoms with Gasteiger partial charge in [-0.3, -0.25) is 4.79 Å². The van der Waals surface area contributed by atoms with Crippen LogP contribution in [0.15, 0.2) is 30.3 Å². The third kappa shape index (κ3) is 10.3. The number of hydrogen-bond acceptors (Lipinski definition) is 4. The predicted octanol–water partition coefficient (Wildman–Crippen LogP) is 3.39. The molecule has 26 heavy (non-hydrogen) atoms. The van der Waals surface area contributed by atoms with E-state index in [4.69, 9.17) is 10.00 Å². The molecule has 0 bridgehead atoms. The number of alkyl carbamates (subject to hydrolysis) is 1. The molecule has 0 fully saturated rings. The molecule has 2 N–H and O–H groups in total. The van der Waals surface area contributed by atoms with Gasteiger partial charge in [0.05, 0.1) is 6.07 Å². The molecule has 0 heterocycles. The Labute approximate surface area is 155 Å². The van der Waals surface area contributed by atoms with Gasteiger partial charge in [0, 0.05) is 25.9 Å². The number of amides is 2. The first kappa shape index (κ1) is 21.5. The summed E-state index contributed by atoms with van der Waals surface area (Å²) in [6.45, 7) is 5.30. The molecule has 0 radical (unpaired) electrons. The lowest BCUT2D eigenvalue weighted by Crippen LogP contribution is -2.29. The molecule has 0 saturated carbocycles. The van der Waals surface area contributed by atoms with Gasteiger partial charge < -0.3 is 15.4 Å². The van der Waals surface area contributed by atoms with Gasteiger partial charge in [0.25, 0.3) is 0 Å². The maximum Gasteiger partial charge on any atom is 0.407 e. The van der Waals surface area contributed by atoms with E-state index in [1.807, 2.05) is 44.2 Å². The lowest BCUT2D eigenvalue weighted by Gasteiger charge is -2.13. The van der Waals surface area contributed by atoms with Gasteiger partial charge in [0.15, 0.2) is 0 Å². The van der Waals surface area contributed by atoms with Crippen LogP contribution in [-0.2, 0) is 16.1 Å². The molecule has 0 saturated heterocycles. The first-order valence-corrected chi connectivity index (χ1v) is 9.09. The Morgan fingerprint density at radius 3 is 2.42 bits per heavy atom. The third-order valence-electron chi connectivity index (χ3n) is 4.05. The maximum absolute atomic E-state index is 11.9. The highest BCUT2D eigenvalue weighted by atomic mass is 16.5. The molecule has 2 atom stereocenters. The summed E-state index contributed by atoms with van der Waals surface area (Å²) in [5.74, 6) is 0.470. The van der Waals surface area contributed by atoms with E-state index in [0.29, 0.717) is 38.3 Å². The van der Waals surface area contributed by atoms with Crippen molar-refractivity contribution in [2.75, 3.05) is 13.1 Å². The van der Waals surface area contributed by atoms with Crippen LogP contribution in [0, 0.1) is 23.2 Å². The van der Waals surface area contributed by atoms with Gasteiger partial charge in [-0.25, -0.2) is 4.79 Å². The second-order valence-corrected chi connectivity index (χ2v) is 6.69. The van der Waals surface area contributed by atoms with Crippen molar-refractivity contribution in [3.05, 3.63) is 35.9 Å². The Morgan fingerprint density at radius 2 is 1.73 bits per heavy atom. The number of nitrogens with one attached hydrogen (secondary N) is 2. The van der Waals surface area contributed by atoms with Gasteiger partial charge in [-0.2, -0.15) is 5.26 Å². The van der Waals surface area contributed by atoms with Gasteiger partial charge in [-0.1, -0.05) is 44.2 Å². The molecule has 0 aliphatic carbocycles. The minimum Gasteiger partial charge on any atom is -0.445 e. The van der Waals surface area contributed by atoms with Crippen molar-refractivity contribution in [3.8, 4) is 6.07 Å². The van der Waals surface area contributed by atoms with Crippen LogP contribution >= 0.6 is 0 Å². The zero-order valence-electron chi connectivity index (χ0n) is 15.7. The van der Waals surface area contributed by atoms with E-state index in [-0.39, 0.29) is 18.4 Å². The van der Waals surface area contributed by atoms with Crippen molar-refractivity contribution < 1.29 is 14.3 Å². The molecule has 1 rings (SSSR count). The van der Waals surface area contributed by atoms with Gasteiger partial charge in [-0.15, -0.1) is 0 Å². The quantitative estimate of drug-likeness (QED) is 0.633. The zero-order valence-corrected chi connectivity index (χ0v) is 15.7. The normalized spacial score (nSPS) is 12.5. The molecule has 6 nitrogen and oxygen atoms in total. The molecule has 0 aliphatic rings. The molecule has 142 valence electrons. The number of ether oxygens (including phenoxy) is 1. The highest BCUT2D eigenvalue weighted by Gasteiger charge is 2.10. The molecule has 0 aromatic heterocycles. The largest absolute Gasteiger partial charge is 0.445 e. The average molecular weight is 359 g/mol. The number of carbonyl (C=O) groups excluding carboxylic acids is 2. The summed E-state index contributed by atoms with van der Waals surface area (Å²) >= 11 is 0. The molecule has 6 heteroatoms. The Kier molecular flexibility index (Phi) is 10.5. The lowest BCUT2D eigenvalue weighted by molar-refractivity contribution is -0.121. The maximum atomic E-state index is 11.9. The average Bonchev–Trinajstić information content (AvgIpc) is 2.61. The van der Waals surface area contributed by atoms with Gasteiger partial charge in [0.1, 0.15) is 6.61 Å². The molecule has 1 aromatic rings. The van der Waals surface area contributed by atoms with E-state index in [9.17, 15) is 9.59 Å². The zero-order chi connectivity index (χ0) is 19.2. The summed E-state index contributed by atoms with van der Waals surface area (Å²) in [7, 11) is 0. The number of hydrogen-bond donors (Lipinski definition) is 2. The Morgan fingerprint density at radius 1 is 1.08 bits per heavy atom. The first-order chi connectivity index (χ1) is 12.5. The van der Waals surface area contributed by atoms with E-state index in [1.165, 1.54) is 0 Å². The monoisotopic (exact) mass is 359 g/mol. The van der Waals surface area contributed by atoms with Crippen molar-refractivity contribution in [1.82, 2.24) is 10.6 Å². The van der Waals surface area contributed by atoms with Crippen LogP contribution in [0.4, 0.5) is 4.79 Å². The number of carbonyl (C=O) groups is 2. The van der Waals surface area contributed by atoms with Gasteiger partial charge in [-0.05, 0) is 30.2 Å². The van der Waals surface area contributed by atoms with E-state index in [2.05, 4.69) is 16.7 Å². The highest BCUT2D eigenvalue weighted by molar-refractivity contribution is 5.76. The van der Waals surface area contributed by atoms with Gasteiger partial charge >= 0.3 is 6.09 Å². The van der Waals surface area contributed by atoms with Crippen molar-refractivity contribution >= 4 is 12.0 Å². The van der Waals surface area contributed by atoms with Crippen molar-refractivity contribution in [1.29, 1.82) is 5.26 Å². The molecule has 2 amide bonds. The number of nitrogens with zero attached hydrogens (tertiary/aromatic N) is 1. The number of benzene rings is 1. The van der Waals surface area contributed by atoms with Crippen molar-refractivity contribution in [2.45, 2.75) is 46.1 Å². The summed E-state index contributed by atoms with van der Waals surface area (Å²) in [5, 5.41) is 14.2. The van der Waals surface area contributed by atoms with Crippen molar-refractivity contribution in [2.24, 2.45) is 11.8 Å². The minimum atomic E-state index is -0.447. The van der Waals surface area contributed by atoms with Crippen LogP contribution in [0.2, 0.25) is 0 Å². The van der Waals surface area contributed by atoms with Crippen LogP contribution in [0.1, 0.15) is 45.1 Å². The summed E-state index contributed by atoms with van der Waals surface area (Å²) in [5.41, 5.74) is 0.941. The summed E-state index contributed by atoms with van der Waals surface area (Å²) < 4.78 is 5.13. The number of rotatable bonds is 11. The van der Waals surface area contributed by atoms with Crippen LogP contribution in [0.25, 0.3) is 0 Å². The molecule has 0 spiro atoms. The van der Waals surface area contributed by atoms with Crippen molar-refractivity contribution in [3.63, 3.8) is 0 Å². The fraction of sp³-hybridized carbons (Fsp3) is 0.550. The summed E-state index contributed by atoms with van der Waals surface area (Å²) in [6, 6.07) is 11.6. The highest BCUT2D eigenvalue weighted by Crippen LogP contribution is 2.08. The fourth-order valence-electron chi connectivity index (χ4n) is 2.40. The lowest BCUT2D eigenvalue weighted by atomic mass is 10.0. The third-order valence-corrected chi connectivity index (χ3v) is 4.05.